The van der Waals surface area contributed by atoms with E-state index < -0.39 is 5.97 Å². The van der Waals surface area contributed by atoms with E-state index in [1.807, 2.05) is 0 Å². The predicted octanol–water partition coefficient (Wildman–Crippen LogP) is 4.59. The van der Waals surface area contributed by atoms with Crippen LogP contribution in [-0.2, 0) is 14.3 Å². The lowest BCUT2D eigenvalue weighted by Gasteiger charge is -2.36. The van der Waals surface area contributed by atoms with Crippen molar-refractivity contribution in [2.24, 2.45) is 17.8 Å². The third kappa shape index (κ3) is 6.87. The van der Waals surface area contributed by atoms with Gasteiger partial charge in [-0.1, -0.05) is 27.2 Å². The lowest BCUT2D eigenvalue weighted by Crippen LogP contribution is -2.35. The van der Waals surface area contributed by atoms with Gasteiger partial charge in [0.2, 0.25) is 0 Å². The van der Waals surface area contributed by atoms with Gasteiger partial charge in [-0.3, -0.25) is 14.4 Å². The molecule has 0 saturated heterocycles. The molecule has 0 bridgehead atoms. The largest absolute Gasteiger partial charge is 0.493 e. The molecule has 160 valence electrons. The van der Waals surface area contributed by atoms with Crippen molar-refractivity contribution in [3.8, 4) is 11.5 Å². The number of carbonyl (C=O) groups is 3. The zero-order valence-electron chi connectivity index (χ0n) is 17.8. The van der Waals surface area contributed by atoms with Gasteiger partial charge in [0, 0.05) is 18.4 Å². The van der Waals surface area contributed by atoms with Crippen molar-refractivity contribution in [1.82, 2.24) is 0 Å². The summed E-state index contributed by atoms with van der Waals surface area (Å²) >= 11 is 0. The van der Waals surface area contributed by atoms with Crippen molar-refractivity contribution >= 4 is 18.2 Å². The van der Waals surface area contributed by atoms with Crippen LogP contribution >= 0.6 is 0 Å². The molecule has 6 nitrogen and oxygen atoms in total. The average molecular weight is 405 g/mol. The number of hydrogen-bond acceptors (Lipinski definition) is 6. The molecule has 6 heteroatoms. The topological polar surface area (TPSA) is 78.9 Å². The van der Waals surface area contributed by atoms with Gasteiger partial charge in [-0.2, -0.15) is 0 Å². The van der Waals surface area contributed by atoms with Crippen molar-refractivity contribution in [2.45, 2.75) is 65.4 Å². The highest BCUT2D eigenvalue weighted by molar-refractivity contribution is 5.78. The van der Waals surface area contributed by atoms with E-state index in [0.29, 0.717) is 41.8 Å². The van der Waals surface area contributed by atoms with E-state index in [1.54, 1.807) is 6.07 Å². The third-order valence-electron chi connectivity index (χ3n) is 5.55. The number of benzene rings is 1. The van der Waals surface area contributed by atoms with E-state index in [9.17, 15) is 14.4 Å². The van der Waals surface area contributed by atoms with Crippen LogP contribution in [0.15, 0.2) is 18.2 Å². The summed E-state index contributed by atoms with van der Waals surface area (Å²) < 4.78 is 16.2. The highest BCUT2D eigenvalue weighted by Crippen LogP contribution is 2.35. The molecule has 1 aliphatic rings. The number of carbonyl (C=O) groups excluding carboxylic acids is 3. The summed E-state index contributed by atoms with van der Waals surface area (Å²) in [6.45, 7) is 6.55. The van der Waals surface area contributed by atoms with E-state index in [1.165, 1.54) is 25.7 Å². The van der Waals surface area contributed by atoms with Gasteiger partial charge in [0.15, 0.2) is 11.5 Å². The van der Waals surface area contributed by atoms with E-state index in [2.05, 4.69) is 20.8 Å². The number of esters is 2. The molecule has 0 aromatic heterocycles. The molecule has 1 saturated carbocycles. The molecule has 0 N–H and O–H groups in total. The molecule has 0 radical (unpaired) electrons. The summed E-state index contributed by atoms with van der Waals surface area (Å²) in [4.78, 5) is 35.2. The van der Waals surface area contributed by atoms with Crippen molar-refractivity contribution in [1.29, 1.82) is 0 Å². The van der Waals surface area contributed by atoms with Gasteiger partial charge in [-0.25, -0.2) is 0 Å². The fourth-order valence-corrected chi connectivity index (χ4v) is 3.87. The SMILES string of the molecule is COc1cc(C=O)ccc1OC(=O)CCCC(=O)O[C@@H]1C[C@H](C)CC[C@H]1C(C)C. The van der Waals surface area contributed by atoms with Gasteiger partial charge in [-0.15, -0.1) is 0 Å². The Labute approximate surface area is 172 Å². The maximum absolute atomic E-state index is 12.3. The summed E-state index contributed by atoms with van der Waals surface area (Å²) in [6.07, 6.45) is 4.49. The fourth-order valence-electron chi connectivity index (χ4n) is 3.87. The number of aldehydes is 1. The van der Waals surface area contributed by atoms with E-state index >= 15 is 0 Å². The first-order chi connectivity index (χ1) is 13.8. The molecule has 2 rings (SSSR count). The molecule has 1 aliphatic carbocycles. The lowest BCUT2D eigenvalue weighted by molar-refractivity contribution is -0.156. The van der Waals surface area contributed by atoms with Crippen LogP contribution in [0.2, 0.25) is 0 Å². The quantitative estimate of drug-likeness (QED) is 0.340. The zero-order chi connectivity index (χ0) is 21.4. The van der Waals surface area contributed by atoms with E-state index in [4.69, 9.17) is 14.2 Å². The monoisotopic (exact) mass is 404 g/mol. The van der Waals surface area contributed by atoms with Gasteiger partial charge in [0.05, 0.1) is 7.11 Å². The van der Waals surface area contributed by atoms with Crippen LogP contribution in [0, 0.1) is 17.8 Å². The van der Waals surface area contributed by atoms with Crippen molar-refractivity contribution in [2.75, 3.05) is 7.11 Å². The van der Waals surface area contributed by atoms with Crippen LogP contribution in [0.5, 0.6) is 11.5 Å². The predicted molar refractivity (Wildman–Crippen MR) is 109 cm³/mol. The molecule has 0 heterocycles. The molecule has 0 unspecified atom stereocenters. The highest BCUT2D eigenvalue weighted by Gasteiger charge is 2.33. The van der Waals surface area contributed by atoms with Gasteiger partial charge in [0.1, 0.15) is 12.4 Å². The maximum atomic E-state index is 12.3. The minimum atomic E-state index is -0.457. The first-order valence-electron chi connectivity index (χ1n) is 10.4. The Kier molecular flexibility index (Phi) is 8.68. The van der Waals surface area contributed by atoms with Crippen molar-refractivity contribution < 1.29 is 28.6 Å². The summed E-state index contributed by atoms with van der Waals surface area (Å²) in [5.41, 5.74) is 0.432. The third-order valence-corrected chi connectivity index (χ3v) is 5.55. The second-order valence-corrected chi connectivity index (χ2v) is 8.21. The normalized spacial score (nSPS) is 21.5. The van der Waals surface area contributed by atoms with Crippen LogP contribution < -0.4 is 9.47 Å². The van der Waals surface area contributed by atoms with Crippen LogP contribution in [-0.4, -0.2) is 31.4 Å². The minimum Gasteiger partial charge on any atom is -0.493 e. The summed E-state index contributed by atoms with van der Waals surface area (Å²) in [7, 11) is 1.44. The number of methoxy groups -OCH3 is 1. The second kappa shape index (κ2) is 11.0. The highest BCUT2D eigenvalue weighted by atomic mass is 16.6. The molecule has 29 heavy (non-hydrogen) atoms. The van der Waals surface area contributed by atoms with Crippen LogP contribution in [0.3, 0.4) is 0 Å². The second-order valence-electron chi connectivity index (χ2n) is 8.21. The maximum Gasteiger partial charge on any atom is 0.311 e. The van der Waals surface area contributed by atoms with Gasteiger partial charge < -0.3 is 14.2 Å². The number of rotatable bonds is 9. The van der Waals surface area contributed by atoms with Gasteiger partial charge >= 0.3 is 11.9 Å². The Bertz CT molecular complexity index is 711. The molecule has 0 amide bonds. The first-order valence-corrected chi connectivity index (χ1v) is 10.4. The zero-order valence-corrected chi connectivity index (χ0v) is 17.8. The number of ether oxygens (including phenoxy) is 3. The van der Waals surface area contributed by atoms with Crippen LogP contribution in [0.1, 0.15) is 69.7 Å². The average Bonchev–Trinajstić information content (AvgIpc) is 2.68. The Balaban J connectivity index is 1.79. The molecular weight excluding hydrogens is 372 g/mol. The smallest absolute Gasteiger partial charge is 0.311 e. The molecule has 1 aromatic carbocycles. The Morgan fingerprint density at radius 2 is 1.86 bits per heavy atom. The fraction of sp³-hybridized carbons (Fsp3) is 0.609. The molecule has 1 aromatic rings. The molecule has 0 aliphatic heterocycles. The number of hydrogen-bond donors (Lipinski definition) is 0. The summed E-state index contributed by atoms with van der Waals surface area (Å²) in [6, 6.07) is 4.57. The lowest BCUT2D eigenvalue weighted by atomic mass is 9.75. The molecule has 0 spiro atoms. The van der Waals surface area contributed by atoms with Crippen LogP contribution in [0.25, 0.3) is 0 Å². The van der Waals surface area contributed by atoms with E-state index in [-0.39, 0.29) is 30.7 Å². The molecular formula is C23H32O6. The standard InChI is InChI=1S/C23H32O6/c1-15(2)18-10-8-16(3)12-20(18)29-23(26)7-5-6-22(25)28-19-11-9-17(14-24)13-21(19)27-4/h9,11,13-16,18,20H,5-8,10,12H2,1-4H3/t16-,18+,20-/m1/s1. The van der Waals surface area contributed by atoms with Crippen LogP contribution in [0.4, 0.5) is 0 Å². The first kappa shape index (κ1) is 22.9. The van der Waals surface area contributed by atoms with Crippen molar-refractivity contribution in [3.63, 3.8) is 0 Å². The Hall–Kier alpha value is -2.37. The Morgan fingerprint density at radius 3 is 2.52 bits per heavy atom. The summed E-state index contributed by atoms with van der Waals surface area (Å²) in [5.74, 6) is 1.31. The Morgan fingerprint density at radius 1 is 1.14 bits per heavy atom. The van der Waals surface area contributed by atoms with Gasteiger partial charge in [-0.05, 0) is 55.2 Å². The van der Waals surface area contributed by atoms with E-state index in [0.717, 1.165) is 12.8 Å². The van der Waals surface area contributed by atoms with Gasteiger partial charge in [0.25, 0.3) is 0 Å². The summed E-state index contributed by atoms with van der Waals surface area (Å²) in [5, 5.41) is 0. The molecule has 3 atom stereocenters. The van der Waals surface area contributed by atoms with Crippen molar-refractivity contribution in [3.05, 3.63) is 23.8 Å². The molecule has 1 fully saturated rings. The minimum absolute atomic E-state index is 0.0289.